The maximum absolute atomic E-state index is 12.7. The molecule has 0 radical (unpaired) electrons. The first-order valence-electron chi connectivity index (χ1n) is 9.91. The van der Waals surface area contributed by atoms with Crippen molar-refractivity contribution in [2.24, 2.45) is 0 Å². The molecule has 0 spiro atoms. The Balaban J connectivity index is 0.000000383. The summed E-state index contributed by atoms with van der Waals surface area (Å²) in [7, 11) is 1.77. The predicted octanol–water partition coefficient (Wildman–Crippen LogP) is 2.27. The third kappa shape index (κ3) is 5.79. The van der Waals surface area contributed by atoms with Crippen molar-refractivity contribution in [1.82, 2.24) is 10.3 Å². The number of halogens is 3. The van der Waals surface area contributed by atoms with E-state index in [1.165, 1.54) is 11.3 Å². The molecule has 178 valence electrons. The van der Waals surface area contributed by atoms with Crippen LogP contribution < -0.4 is 20.4 Å². The van der Waals surface area contributed by atoms with E-state index >= 15 is 0 Å². The number of fused-ring (bicyclic) bond motifs is 1. The Kier molecular flexibility index (Phi) is 7.22. The summed E-state index contributed by atoms with van der Waals surface area (Å²) in [6.07, 6.45) is -4.71. The molecule has 9 nitrogen and oxygen atoms in total. The molecule has 0 aliphatic carbocycles. The zero-order valence-electron chi connectivity index (χ0n) is 17.8. The Hall–Kier alpha value is -3.19. The summed E-state index contributed by atoms with van der Waals surface area (Å²) in [6.45, 7) is 5.54. The number of carbonyl (C=O) groups is 3. The number of nitrogens with zero attached hydrogens (tertiary/aromatic N) is 3. The number of piperazine rings is 1. The number of aryl methyl sites for hydroxylation is 1. The molecule has 0 saturated carbocycles. The number of alkyl halides is 3. The number of aromatic nitrogens is 1. The number of carbonyl (C=O) groups excluding carboxylic acids is 2. The van der Waals surface area contributed by atoms with E-state index in [2.05, 4.69) is 20.5 Å². The number of rotatable bonds is 3. The zero-order valence-corrected chi connectivity index (χ0v) is 18.6. The van der Waals surface area contributed by atoms with Crippen LogP contribution in [-0.4, -0.2) is 67.3 Å². The van der Waals surface area contributed by atoms with Crippen molar-refractivity contribution >= 4 is 45.6 Å². The van der Waals surface area contributed by atoms with Crippen molar-refractivity contribution < 1.29 is 32.7 Å². The highest BCUT2D eigenvalue weighted by molar-refractivity contribution is 7.17. The monoisotopic (exact) mass is 485 g/mol. The predicted molar refractivity (Wildman–Crippen MR) is 117 cm³/mol. The number of nitrogens with one attached hydrogen (secondary N) is 2. The van der Waals surface area contributed by atoms with Crippen LogP contribution in [0.25, 0.3) is 0 Å². The van der Waals surface area contributed by atoms with Crippen LogP contribution in [0.3, 0.4) is 0 Å². The van der Waals surface area contributed by atoms with Crippen molar-refractivity contribution in [3.63, 3.8) is 0 Å². The van der Waals surface area contributed by atoms with E-state index in [1.54, 1.807) is 11.9 Å². The number of thiazole rings is 1. The molecule has 33 heavy (non-hydrogen) atoms. The largest absolute Gasteiger partial charge is 0.490 e. The van der Waals surface area contributed by atoms with Gasteiger partial charge in [-0.15, -0.1) is 0 Å². The number of anilines is 3. The minimum absolute atomic E-state index is 0.0717. The molecule has 2 amide bonds. The van der Waals surface area contributed by atoms with Crippen molar-refractivity contribution in [3.05, 3.63) is 34.3 Å². The van der Waals surface area contributed by atoms with Gasteiger partial charge >= 0.3 is 12.1 Å². The fourth-order valence-electron chi connectivity index (χ4n) is 3.32. The second-order valence-electron chi connectivity index (χ2n) is 7.38. The Labute approximate surface area is 191 Å². The Morgan fingerprint density at radius 2 is 1.88 bits per heavy atom. The summed E-state index contributed by atoms with van der Waals surface area (Å²) >= 11 is 1.43. The molecule has 0 bridgehead atoms. The lowest BCUT2D eigenvalue weighted by Crippen LogP contribution is -2.43. The molecule has 13 heteroatoms. The van der Waals surface area contributed by atoms with Gasteiger partial charge in [-0.3, -0.25) is 9.59 Å². The fraction of sp³-hybridized carbons (Fsp3) is 0.400. The highest BCUT2D eigenvalue weighted by Crippen LogP contribution is 2.31. The SMILES string of the molecule is Cc1nc(N2CCNCC2)sc1C(=O)Nc1ccc2c(c1)CC(=O)N2C.O=C(O)C(F)(F)F. The van der Waals surface area contributed by atoms with Crippen LogP contribution in [0.2, 0.25) is 0 Å². The number of hydrogen-bond donors (Lipinski definition) is 3. The normalized spacial score (nSPS) is 15.6. The summed E-state index contributed by atoms with van der Waals surface area (Å²) in [5.41, 5.74) is 3.30. The molecule has 0 unspecified atom stereocenters. The second-order valence-corrected chi connectivity index (χ2v) is 8.36. The minimum atomic E-state index is -5.08. The highest BCUT2D eigenvalue weighted by atomic mass is 32.1. The Morgan fingerprint density at radius 1 is 1.24 bits per heavy atom. The Morgan fingerprint density at radius 3 is 2.48 bits per heavy atom. The van der Waals surface area contributed by atoms with E-state index in [0.717, 1.165) is 48.3 Å². The fourth-order valence-corrected chi connectivity index (χ4v) is 4.33. The van der Waals surface area contributed by atoms with Gasteiger partial charge in [0.1, 0.15) is 4.88 Å². The van der Waals surface area contributed by atoms with Gasteiger partial charge in [-0.1, -0.05) is 11.3 Å². The van der Waals surface area contributed by atoms with Gasteiger partial charge in [-0.25, -0.2) is 9.78 Å². The van der Waals surface area contributed by atoms with Crippen molar-refractivity contribution in [1.29, 1.82) is 0 Å². The molecule has 3 heterocycles. The molecule has 1 aromatic heterocycles. The average Bonchev–Trinajstić information content (AvgIpc) is 3.28. The van der Waals surface area contributed by atoms with Gasteiger partial charge in [0.2, 0.25) is 5.91 Å². The van der Waals surface area contributed by atoms with Gasteiger partial charge in [-0.05, 0) is 30.7 Å². The van der Waals surface area contributed by atoms with Crippen LogP contribution in [0.5, 0.6) is 0 Å². The molecule has 1 saturated heterocycles. The standard InChI is InChI=1S/C18H21N5O2S.C2HF3O2/c1-11-16(26-18(20-11)23-7-5-19-6-8-23)17(25)21-13-3-4-14-12(9-13)10-15(24)22(14)2;3-2(4,5)1(6)7/h3-4,9,19H,5-8,10H2,1-2H3,(H,21,25);(H,6,7). The van der Waals surface area contributed by atoms with E-state index in [0.29, 0.717) is 17.0 Å². The number of hydrogen-bond acceptors (Lipinski definition) is 7. The molecule has 1 fully saturated rings. The van der Waals surface area contributed by atoms with Crippen LogP contribution in [0.4, 0.5) is 29.7 Å². The van der Waals surface area contributed by atoms with E-state index in [1.807, 2.05) is 25.1 Å². The van der Waals surface area contributed by atoms with Crippen LogP contribution in [0.1, 0.15) is 20.9 Å². The van der Waals surface area contributed by atoms with Gasteiger partial charge in [0.15, 0.2) is 5.13 Å². The first-order chi connectivity index (χ1) is 15.5. The van der Waals surface area contributed by atoms with Crippen LogP contribution in [-0.2, 0) is 16.0 Å². The van der Waals surface area contributed by atoms with E-state index in [9.17, 15) is 22.8 Å². The number of likely N-dealkylation sites (N-methyl/N-ethyl adjacent to an activating group) is 1. The number of carboxylic acid groups (broad SMARTS) is 1. The quantitative estimate of drug-likeness (QED) is 0.611. The van der Waals surface area contributed by atoms with Crippen molar-refractivity contribution in [3.8, 4) is 0 Å². The second kappa shape index (κ2) is 9.75. The lowest BCUT2D eigenvalue weighted by molar-refractivity contribution is -0.192. The van der Waals surface area contributed by atoms with Crippen LogP contribution in [0, 0.1) is 6.92 Å². The average molecular weight is 485 g/mol. The maximum atomic E-state index is 12.7. The number of benzene rings is 1. The summed E-state index contributed by atoms with van der Waals surface area (Å²) < 4.78 is 31.7. The van der Waals surface area contributed by atoms with Gasteiger partial charge in [-0.2, -0.15) is 13.2 Å². The number of aliphatic carboxylic acids is 1. The molecule has 3 N–H and O–H groups in total. The van der Waals surface area contributed by atoms with Gasteiger partial charge in [0.25, 0.3) is 5.91 Å². The molecule has 0 atom stereocenters. The number of amides is 2. The van der Waals surface area contributed by atoms with E-state index in [4.69, 9.17) is 9.90 Å². The first kappa shape index (κ1) is 24.5. The molecule has 2 aromatic rings. The smallest absolute Gasteiger partial charge is 0.475 e. The number of carboxylic acids is 1. The molecule has 2 aliphatic rings. The van der Waals surface area contributed by atoms with E-state index < -0.39 is 12.1 Å². The van der Waals surface area contributed by atoms with Gasteiger partial charge in [0.05, 0.1) is 12.1 Å². The third-order valence-corrected chi connectivity index (χ3v) is 6.25. The summed E-state index contributed by atoms with van der Waals surface area (Å²) in [6, 6.07) is 5.59. The summed E-state index contributed by atoms with van der Waals surface area (Å²) in [4.78, 5) is 42.5. The minimum Gasteiger partial charge on any atom is -0.475 e. The summed E-state index contributed by atoms with van der Waals surface area (Å²) in [5.74, 6) is -2.84. The van der Waals surface area contributed by atoms with Crippen LogP contribution in [0.15, 0.2) is 18.2 Å². The topological polar surface area (TPSA) is 115 Å². The van der Waals surface area contributed by atoms with Crippen molar-refractivity contribution in [2.45, 2.75) is 19.5 Å². The summed E-state index contributed by atoms with van der Waals surface area (Å²) in [5, 5.41) is 14.3. The molecule has 1 aromatic carbocycles. The molecular formula is C20H22F3N5O4S. The maximum Gasteiger partial charge on any atom is 0.490 e. The third-order valence-electron chi connectivity index (χ3n) is 5.04. The highest BCUT2D eigenvalue weighted by Gasteiger charge is 2.38. The Bertz CT molecular complexity index is 1070. The lowest BCUT2D eigenvalue weighted by atomic mass is 10.1. The van der Waals surface area contributed by atoms with Gasteiger partial charge < -0.3 is 25.5 Å². The molecular weight excluding hydrogens is 463 g/mol. The van der Waals surface area contributed by atoms with Gasteiger partial charge in [0, 0.05) is 44.6 Å². The van der Waals surface area contributed by atoms with Crippen molar-refractivity contribution in [2.75, 3.05) is 48.3 Å². The molecule has 2 aliphatic heterocycles. The lowest BCUT2D eigenvalue weighted by Gasteiger charge is -2.26. The zero-order chi connectivity index (χ0) is 24.3. The first-order valence-corrected chi connectivity index (χ1v) is 10.7. The van der Waals surface area contributed by atoms with E-state index in [-0.39, 0.29) is 11.8 Å². The van der Waals surface area contributed by atoms with Crippen LogP contribution >= 0.6 is 11.3 Å². The molecule has 4 rings (SSSR count).